The van der Waals surface area contributed by atoms with Crippen molar-refractivity contribution < 1.29 is 22.8 Å². The summed E-state index contributed by atoms with van der Waals surface area (Å²) in [5.41, 5.74) is 0. The lowest BCUT2D eigenvalue weighted by Gasteiger charge is -2.14. The van der Waals surface area contributed by atoms with Crippen LogP contribution in [0.3, 0.4) is 0 Å². The summed E-state index contributed by atoms with van der Waals surface area (Å²) in [6.07, 6.45) is -1.32. The molecule has 0 aromatic heterocycles. The first-order valence-electron chi connectivity index (χ1n) is 3.54. The Morgan fingerprint density at radius 1 is 1.50 bits per heavy atom. The van der Waals surface area contributed by atoms with Crippen LogP contribution < -0.4 is 0 Å². The monoisotopic (exact) mass is 197 g/mol. The van der Waals surface area contributed by atoms with E-state index in [4.69, 9.17) is 9.84 Å². The highest BCUT2D eigenvalue weighted by Crippen LogP contribution is 1.94. The maximum absolute atomic E-state index is 10.1. The highest BCUT2D eigenvalue weighted by Gasteiger charge is 2.09. The minimum Gasteiger partial charge on any atom is -0.748 e. The minimum atomic E-state index is -4.35. The van der Waals surface area contributed by atoms with Gasteiger partial charge in [0.05, 0.1) is 34.7 Å². The van der Waals surface area contributed by atoms with Gasteiger partial charge in [0.25, 0.3) is 0 Å². The number of aliphatic hydroxyl groups is 1. The van der Waals surface area contributed by atoms with E-state index in [0.717, 1.165) is 0 Å². The van der Waals surface area contributed by atoms with E-state index in [1.807, 2.05) is 0 Å². The molecule has 0 aliphatic rings. The molecular weight excluding hydrogens is 184 g/mol. The average Bonchev–Trinajstić information content (AvgIpc) is 1.79. The molecule has 1 N–H and O–H groups in total. The molecule has 0 aromatic carbocycles. The first-order chi connectivity index (χ1) is 5.31. The molecule has 0 heterocycles. The van der Waals surface area contributed by atoms with Gasteiger partial charge >= 0.3 is 0 Å². The van der Waals surface area contributed by atoms with Gasteiger partial charge in [0, 0.05) is 0 Å². The highest BCUT2D eigenvalue weighted by atomic mass is 32.2. The molecule has 1 unspecified atom stereocenters. The second-order valence-corrected chi connectivity index (χ2v) is 4.21. The Hall–Kier alpha value is -0.170. The van der Waals surface area contributed by atoms with Crippen LogP contribution in [0.25, 0.3) is 0 Å². The molecule has 0 aliphatic carbocycles. The van der Waals surface area contributed by atoms with E-state index in [9.17, 15) is 13.0 Å². The quantitative estimate of drug-likeness (QED) is 0.590. The molecule has 0 saturated heterocycles. The lowest BCUT2D eigenvalue weighted by molar-refractivity contribution is 0.0141. The molecule has 0 aromatic rings. The number of hydrogen-bond acceptors (Lipinski definition) is 5. The summed E-state index contributed by atoms with van der Waals surface area (Å²) >= 11 is 0. The van der Waals surface area contributed by atoms with Crippen molar-refractivity contribution in [3.63, 3.8) is 0 Å². The summed E-state index contributed by atoms with van der Waals surface area (Å²) in [5.74, 6) is -0.792. The number of ether oxygens (including phenoxy) is 1. The average molecular weight is 197 g/mol. The molecular formula is C6H13O5S-. The Morgan fingerprint density at radius 2 is 2.00 bits per heavy atom. The predicted octanol–water partition coefficient (Wildman–Crippen LogP) is -0.682. The molecule has 6 heteroatoms. The molecule has 0 saturated carbocycles. The standard InChI is InChI=1S/C6H14O5S/c1-5(2)11-3-6(7)4-12(8,9)10/h5-7H,3-4H2,1-2H3,(H,8,9,10)/p-1. The molecule has 12 heavy (non-hydrogen) atoms. The maximum atomic E-state index is 10.1. The minimum absolute atomic E-state index is 0.0889. The van der Waals surface area contributed by atoms with Gasteiger partial charge in [-0.2, -0.15) is 0 Å². The van der Waals surface area contributed by atoms with Crippen LogP contribution in [0.2, 0.25) is 0 Å². The lowest BCUT2D eigenvalue weighted by atomic mass is 10.4. The van der Waals surface area contributed by atoms with E-state index in [2.05, 4.69) is 0 Å². The molecule has 1 atom stereocenters. The highest BCUT2D eigenvalue weighted by molar-refractivity contribution is 7.85. The van der Waals surface area contributed by atoms with Crippen molar-refractivity contribution in [1.29, 1.82) is 0 Å². The Bertz CT molecular complexity index is 208. The van der Waals surface area contributed by atoms with Crippen molar-refractivity contribution in [2.45, 2.75) is 26.1 Å². The number of hydrogen-bond donors (Lipinski definition) is 1. The summed E-state index contributed by atoms with van der Waals surface area (Å²) in [6, 6.07) is 0. The fraction of sp³-hybridized carbons (Fsp3) is 1.00. The summed E-state index contributed by atoms with van der Waals surface area (Å²) in [6.45, 7) is 3.37. The molecule has 74 valence electrons. The molecule has 0 amide bonds. The van der Waals surface area contributed by atoms with Crippen LogP contribution in [0.5, 0.6) is 0 Å². The smallest absolute Gasteiger partial charge is 0.0972 e. The molecule has 0 bridgehead atoms. The van der Waals surface area contributed by atoms with Gasteiger partial charge in [0.15, 0.2) is 0 Å². The second-order valence-electron chi connectivity index (χ2n) is 2.76. The van der Waals surface area contributed by atoms with E-state index >= 15 is 0 Å². The van der Waals surface area contributed by atoms with E-state index in [1.165, 1.54) is 0 Å². The van der Waals surface area contributed by atoms with Crippen LogP contribution in [0.15, 0.2) is 0 Å². The van der Waals surface area contributed by atoms with E-state index in [1.54, 1.807) is 13.8 Å². The zero-order valence-corrected chi connectivity index (χ0v) is 7.87. The third-order valence-electron chi connectivity index (χ3n) is 1.02. The maximum Gasteiger partial charge on any atom is 0.0972 e. The van der Waals surface area contributed by atoms with Gasteiger partial charge in [-0.25, -0.2) is 8.42 Å². The fourth-order valence-corrected chi connectivity index (χ4v) is 1.15. The molecule has 0 rings (SSSR count). The normalized spacial score (nSPS) is 15.1. The van der Waals surface area contributed by atoms with E-state index < -0.39 is 22.0 Å². The van der Waals surface area contributed by atoms with Crippen molar-refractivity contribution in [2.75, 3.05) is 12.4 Å². The largest absolute Gasteiger partial charge is 0.748 e. The Labute approximate surface area is 72.1 Å². The van der Waals surface area contributed by atoms with E-state index in [0.29, 0.717) is 0 Å². The topological polar surface area (TPSA) is 86.7 Å². The van der Waals surface area contributed by atoms with Crippen LogP contribution >= 0.6 is 0 Å². The third-order valence-corrected chi connectivity index (χ3v) is 1.81. The van der Waals surface area contributed by atoms with Gasteiger partial charge in [0.1, 0.15) is 0 Å². The van der Waals surface area contributed by atoms with Gasteiger partial charge in [-0.1, -0.05) is 0 Å². The van der Waals surface area contributed by atoms with Crippen LogP contribution in [0.4, 0.5) is 0 Å². The molecule has 5 nitrogen and oxygen atoms in total. The predicted molar refractivity (Wildman–Crippen MR) is 41.7 cm³/mol. The Morgan fingerprint density at radius 3 is 2.33 bits per heavy atom. The zero-order valence-electron chi connectivity index (χ0n) is 7.06. The van der Waals surface area contributed by atoms with Crippen molar-refractivity contribution in [3.05, 3.63) is 0 Å². The van der Waals surface area contributed by atoms with Crippen molar-refractivity contribution in [3.8, 4) is 0 Å². The van der Waals surface area contributed by atoms with Gasteiger partial charge in [-0.3, -0.25) is 0 Å². The lowest BCUT2D eigenvalue weighted by Crippen LogP contribution is -2.26. The van der Waals surface area contributed by atoms with Crippen LogP contribution in [-0.4, -0.2) is 42.6 Å². The SMILES string of the molecule is CC(C)OCC(O)CS(=O)(=O)[O-]. The second kappa shape index (κ2) is 4.76. The van der Waals surface area contributed by atoms with Crippen LogP contribution in [0, 0.1) is 0 Å². The van der Waals surface area contributed by atoms with Crippen molar-refractivity contribution in [1.82, 2.24) is 0 Å². The summed E-state index contributed by atoms with van der Waals surface area (Å²) in [4.78, 5) is 0. The molecule has 0 spiro atoms. The van der Waals surface area contributed by atoms with Gasteiger partial charge < -0.3 is 14.4 Å². The Kier molecular flexibility index (Phi) is 4.69. The molecule has 0 fully saturated rings. The summed E-state index contributed by atoms with van der Waals surface area (Å²) < 4.78 is 35.2. The van der Waals surface area contributed by atoms with Crippen LogP contribution in [0.1, 0.15) is 13.8 Å². The number of rotatable bonds is 5. The first kappa shape index (κ1) is 11.8. The Balaban J connectivity index is 3.68. The summed E-state index contributed by atoms with van der Waals surface area (Å²) in [5, 5.41) is 8.93. The molecule has 0 aliphatic heterocycles. The summed E-state index contributed by atoms with van der Waals surface area (Å²) in [7, 11) is -4.35. The van der Waals surface area contributed by atoms with Gasteiger partial charge in [-0.05, 0) is 13.8 Å². The fourth-order valence-electron chi connectivity index (χ4n) is 0.587. The van der Waals surface area contributed by atoms with Crippen molar-refractivity contribution in [2.24, 2.45) is 0 Å². The zero-order chi connectivity index (χ0) is 9.78. The van der Waals surface area contributed by atoms with Crippen LogP contribution in [-0.2, 0) is 14.9 Å². The van der Waals surface area contributed by atoms with E-state index in [-0.39, 0.29) is 12.7 Å². The molecule has 0 radical (unpaired) electrons. The van der Waals surface area contributed by atoms with Gasteiger partial charge in [-0.15, -0.1) is 0 Å². The van der Waals surface area contributed by atoms with Crippen molar-refractivity contribution >= 4 is 10.1 Å². The third kappa shape index (κ3) is 7.93. The van der Waals surface area contributed by atoms with Gasteiger partial charge in [0.2, 0.25) is 0 Å². The first-order valence-corrected chi connectivity index (χ1v) is 5.12. The number of aliphatic hydroxyl groups excluding tert-OH is 1.